The number of likely N-dealkylation sites (N-methyl/N-ethyl adjacent to an activating group) is 1. The molecule has 0 aromatic heterocycles. The Morgan fingerprint density at radius 1 is 1.21 bits per heavy atom. The van der Waals surface area contributed by atoms with Crippen LogP contribution in [0.1, 0.15) is 29.2 Å². The molecule has 2 aromatic carbocycles. The molecule has 1 N–H and O–H groups in total. The van der Waals surface area contributed by atoms with Gasteiger partial charge in [0.1, 0.15) is 25.3 Å². The van der Waals surface area contributed by atoms with E-state index in [0.29, 0.717) is 16.4 Å². The minimum absolute atomic E-state index is 0.0249. The van der Waals surface area contributed by atoms with Crippen molar-refractivity contribution in [1.82, 2.24) is 5.32 Å². The first-order chi connectivity index (χ1) is 15.5. The van der Waals surface area contributed by atoms with Crippen molar-refractivity contribution in [1.29, 1.82) is 0 Å². The highest BCUT2D eigenvalue weighted by molar-refractivity contribution is 7.38. The van der Waals surface area contributed by atoms with E-state index in [1.165, 1.54) is 33.2 Å². The summed E-state index contributed by atoms with van der Waals surface area (Å²) in [5.74, 6) is -1.11. The number of benzene rings is 2. The molecule has 0 aliphatic rings. The van der Waals surface area contributed by atoms with Crippen LogP contribution in [0, 0.1) is 12.7 Å². The quantitative estimate of drug-likeness (QED) is 0.316. The molecule has 1 amide bonds. The van der Waals surface area contributed by atoms with Gasteiger partial charge in [-0.05, 0) is 50.0 Å². The van der Waals surface area contributed by atoms with E-state index >= 15 is 0 Å². The first kappa shape index (κ1) is 27.0. The number of halogens is 2. The number of rotatable bonds is 9. The summed E-state index contributed by atoms with van der Waals surface area (Å²) >= 11 is 0. The van der Waals surface area contributed by atoms with Crippen LogP contribution in [-0.4, -0.2) is 36.8 Å². The molecule has 0 radical (unpaired) electrons. The van der Waals surface area contributed by atoms with E-state index in [4.69, 9.17) is 14.4 Å². The summed E-state index contributed by atoms with van der Waals surface area (Å²) in [7, 11) is 8.92. The van der Waals surface area contributed by atoms with Crippen LogP contribution < -0.4 is 15.4 Å². The van der Waals surface area contributed by atoms with E-state index < -0.39 is 17.1 Å². The Bertz CT molecular complexity index is 1090. The standard InChI is InChI=1S/C21H26F2N3O4P3/c1-11-6-5-7-13(18(26-28-4)20(27)24-3)14(11)10-29-25-12(2)17-15(22)8-9-16(31)19(17)30-21(23,32)33/h5-9H,10,31-33H2,1-4H3,(H,24,27)/b25-12+,26-18+. The van der Waals surface area contributed by atoms with Gasteiger partial charge in [0, 0.05) is 23.5 Å². The van der Waals surface area contributed by atoms with Crippen LogP contribution >= 0.6 is 27.7 Å². The van der Waals surface area contributed by atoms with Crippen LogP contribution in [-0.2, 0) is 21.1 Å². The minimum atomic E-state index is -2.19. The molecular weight excluding hydrogens is 489 g/mol. The number of oxime groups is 2. The van der Waals surface area contributed by atoms with Gasteiger partial charge in [0.05, 0.1) is 11.3 Å². The maximum absolute atomic E-state index is 14.6. The molecule has 0 aliphatic heterocycles. The fraction of sp³-hybridized carbons (Fsp3) is 0.286. The monoisotopic (exact) mass is 515 g/mol. The summed E-state index contributed by atoms with van der Waals surface area (Å²) in [6.45, 7) is 3.31. The second kappa shape index (κ2) is 11.8. The predicted octanol–water partition coefficient (Wildman–Crippen LogP) is 3.38. The molecule has 3 unspecified atom stereocenters. The van der Waals surface area contributed by atoms with Crippen molar-refractivity contribution in [3.05, 3.63) is 58.4 Å². The normalized spacial score (nSPS) is 12.4. The molecule has 0 saturated carbocycles. The molecule has 0 saturated heterocycles. The summed E-state index contributed by atoms with van der Waals surface area (Å²) in [5.41, 5.74) is 2.14. The van der Waals surface area contributed by atoms with E-state index in [1.54, 1.807) is 12.1 Å². The Hall–Kier alpha value is -2.20. The Morgan fingerprint density at radius 2 is 1.91 bits per heavy atom. The number of nitrogens with zero attached hydrogens (tertiary/aromatic N) is 2. The van der Waals surface area contributed by atoms with E-state index in [2.05, 4.69) is 24.9 Å². The molecule has 2 rings (SSSR count). The molecule has 0 bridgehead atoms. The van der Waals surface area contributed by atoms with Crippen molar-refractivity contribution in [3.8, 4) is 5.75 Å². The van der Waals surface area contributed by atoms with Gasteiger partial charge in [-0.25, -0.2) is 4.39 Å². The highest BCUT2D eigenvalue weighted by Crippen LogP contribution is 2.34. The SMILES string of the molecule is CNC(=O)/C(=N/OC)c1cccc(C)c1CO/N=C(\C)c1c(F)ccc(P)c1OC(F)(P)P. The second-order valence-electron chi connectivity index (χ2n) is 6.89. The van der Waals surface area contributed by atoms with Gasteiger partial charge in [-0.1, -0.05) is 28.5 Å². The zero-order valence-corrected chi connectivity index (χ0v) is 22.1. The third-order valence-electron chi connectivity index (χ3n) is 4.46. The topological polar surface area (TPSA) is 81.5 Å². The van der Waals surface area contributed by atoms with Crippen LogP contribution in [0.2, 0.25) is 0 Å². The smallest absolute Gasteiger partial charge is 0.273 e. The van der Waals surface area contributed by atoms with Crippen molar-refractivity contribution in [2.24, 2.45) is 10.3 Å². The van der Waals surface area contributed by atoms with E-state index in [-0.39, 0.29) is 29.3 Å². The molecule has 3 atom stereocenters. The van der Waals surface area contributed by atoms with Crippen LogP contribution in [0.15, 0.2) is 40.6 Å². The van der Waals surface area contributed by atoms with Gasteiger partial charge in [-0.2, -0.15) is 4.39 Å². The number of ether oxygens (including phenoxy) is 1. The largest absolute Gasteiger partial charge is 0.450 e. The first-order valence-electron chi connectivity index (χ1n) is 9.62. The number of nitrogens with one attached hydrogen (secondary N) is 1. The molecule has 33 heavy (non-hydrogen) atoms. The zero-order valence-electron chi connectivity index (χ0n) is 18.6. The third kappa shape index (κ3) is 7.14. The van der Waals surface area contributed by atoms with Crippen LogP contribution in [0.3, 0.4) is 0 Å². The Balaban J connectivity index is 2.40. The molecule has 0 aliphatic carbocycles. The van der Waals surface area contributed by atoms with Crippen LogP contribution in [0.5, 0.6) is 5.75 Å². The zero-order chi connectivity index (χ0) is 24.8. The number of hydrogen-bond donors (Lipinski definition) is 1. The number of aryl methyl sites for hydroxylation is 1. The second-order valence-corrected chi connectivity index (χ2v) is 9.76. The molecule has 0 fully saturated rings. The molecule has 2 aromatic rings. The average Bonchev–Trinajstić information content (AvgIpc) is 2.74. The number of carbonyl (C=O) groups excluding carboxylic acids is 1. The molecule has 0 spiro atoms. The lowest BCUT2D eigenvalue weighted by Gasteiger charge is -2.21. The third-order valence-corrected chi connectivity index (χ3v) is 5.15. The Kier molecular flexibility index (Phi) is 9.66. The van der Waals surface area contributed by atoms with Gasteiger partial charge < -0.3 is 19.7 Å². The lowest BCUT2D eigenvalue weighted by Crippen LogP contribution is -2.29. The lowest BCUT2D eigenvalue weighted by molar-refractivity contribution is -0.114. The van der Waals surface area contributed by atoms with Crippen molar-refractivity contribution in [2.45, 2.75) is 25.8 Å². The van der Waals surface area contributed by atoms with E-state index in [1.807, 2.05) is 31.5 Å². The van der Waals surface area contributed by atoms with Crippen molar-refractivity contribution < 1.29 is 28.0 Å². The molecule has 12 heteroatoms. The summed E-state index contributed by atoms with van der Waals surface area (Å²) in [6.07, 6.45) is 0. The van der Waals surface area contributed by atoms with Crippen molar-refractivity contribution >= 4 is 50.4 Å². The van der Waals surface area contributed by atoms with Gasteiger partial charge in [-0.3, -0.25) is 4.79 Å². The van der Waals surface area contributed by atoms with Gasteiger partial charge in [0.25, 0.3) is 11.2 Å². The van der Waals surface area contributed by atoms with Gasteiger partial charge in [0.15, 0.2) is 5.71 Å². The maximum Gasteiger partial charge on any atom is 0.273 e. The minimum Gasteiger partial charge on any atom is -0.450 e. The number of hydrogen-bond acceptors (Lipinski definition) is 6. The van der Waals surface area contributed by atoms with Gasteiger partial charge >= 0.3 is 0 Å². The highest BCUT2D eigenvalue weighted by atomic mass is 31.1. The lowest BCUT2D eigenvalue weighted by atomic mass is 9.98. The van der Waals surface area contributed by atoms with E-state index in [9.17, 15) is 13.6 Å². The molecular formula is C21H26F2N3O4P3. The van der Waals surface area contributed by atoms with Gasteiger partial charge in [0.2, 0.25) is 0 Å². The van der Waals surface area contributed by atoms with Crippen molar-refractivity contribution in [3.63, 3.8) is 0 Å². The predicted molar refractivity (Wildman–Crippen MR) is 135 cm³/mol. The number of alkyl halides is 1. The molecule has 7 nitrogen and oxygen atoms in total. The Labute approximate surface area is 198 Å². The Morgan fingerprint density at radius 3 is 2.52 bits per heavy atom. The summed E-state index contributed by atoms with van der Waals surface area (Å²) in [4.78, 5) is 22.6. The summed E-state index contributed by atoms with van der Waals surface area (Å²) in [6, 6.07) is 8.00. The summed E-state index contributed by atoms with van der Waals surface area (Å²) < 4.78 is 33.9. The fourth-order valence-electron chi connectivity index (χ4n) is 2.96. The highest BCUT2D eigenvalue weighted by Gasteiger charge is 2.25. The van der Waals surface area contributed by atoms with Crippen LogP contribution in [0.25, 0.3) is 0 Å². The number of amides is 1. The van der Waals surface area contributed by atoms with Gasteiger partial charge in [-0.15, -0.1) is 9.24 Å². The first-order valence-corrected chi connectivity index (χ1v) is 11.4. The van der Waals surface area contributed by atoms with Crippen molar-refractivity contribution in [2.75, 3.05) is 14.2 Å². The number of carbonyl (C=O) groups is 1. The fourth-order valence-corrected chi connectivity index (χ4v) is 3.49. The van der Waals surface area contributed by atoms with Crippen LogP contribution in [0.4, 0.5) is 8.78 Å². The average molecular weight is 515 g/mol. The summed E-state index contributed by atoms with van der Waals surface area (Å²) in [5, 5.41) is 8.61. The maximum atomic E-state index is 14.6. The van der Waals surface area contributed by atoms with E-state index in [0.717, 1.165) is 5.56 Å². The molecule has 0 heterocycles. The molecule has 178 valence electrons.